The third kappa shape index (κ3) is 2.40. The van der Waals surface area contributed by atoms with Gasteiger partial charge in [-0.25, -0.2) is 0 Å². The molecule has 6 nitrogen and oxygen atoms in total. The van der Waals surface area contributed by atoms with Gasteiger partial charge in [0.05, 0.1) is 6.61 Å². The Labute approximate surface area is 86.1 Å². The molecule has 0 aromatic heterocycles. The Hall–Kier alpha value is 0.620. The van der Waals surface area contributed by atoms with Crippen molar-refractivity contribution in [3.05, 3.63) is 0 Å². The zero-order chi connectivity index (χ0) is 10.7. The third-order valence-electron chi connectivity index (χ3n) is 2.12. The van der Waals surface area contributed by atoms with Crippen molar-refractivity contribution >= 4 is 18.9 Å². The molecule has 0 bridgehead atoms. The molecule has 3 N–H and O–H groups in total. The first-order valence-corrected chi connectivity index (χ1v) is 4.93. The molecule has 2 unspecified atom stereocenters. The molecule has 0 saturated carbocycles. The van der Waals surface area contributed by atoms with Crippen LogP contribution in [0, 0.1) is 0 Å². The summed E-state index contributed by atoms with van der Waals surface area (Å²) in [5, 5.41) is 27.9. The van der Waals surface area contributed by atoms with Crippen LogP contribution < -0.4 is 0 Å². The molecule has 0 aliphatic carbocycles. The smallest absolute Gasteiger partial charge is 0.190 e. The lowest BCUT2D eigenvalue weighted by Crippen LogP contribution is -2.58. The number of ether oxygens (including phenoxy) is 1. The third-order valence-corrected chi connectivity index (χ3v) is 2.70. The second-order valence-corrected chi connectivity index (χ2v) is 3.49. The van der Waals surface area contributed by atoms with Crippen molar-refractivity contribution < 1.29 is 29.1 Å². The van der Waals surface area contributed by atoms with E-state index in [1.807, 2.05) is 18.9 Å². The van der Waals surface area contributed by atoms with Crippen LogP contribution in [-0.4, -0.2) is 52.6 Å². The Morgan fingerprint density at radius 2 is 1.79 bits per heavy atom. The van der Waals surface area contributed by atoms with Crippen LogP contribution in [0.3, 0.4) is 0 Å². The lowest BCUT2D eigenvalue weighted by atomic mass is 9.99. The number of aliphatic hydroxyl groups excluding tert-OH is 3. The predicted molar refractivity (Wildman–Crippen MR) is 53.1 cm³/mol. The largest absolute Gasteiger partial charge is 0.394 e. The van der Waals surface area contributed by atoms with E-state index in [2.05, 4.69) is 0 Å². The minimum Gasteiger partial charge on any atom is -0.394 e. The topological polar surface area (TPSA) is 88.4 Å². The van der Waals surface area contributed by atoms with Gasteiger partial charge in [-0.15, -0.1) is 0 Å². The van der Waals surface area contributed by atoms with Gasteiger partial charge in [-0.3, -0.25) is 0 Å². The number of rotatable bonds is 3. The average Bonchev–Trinajstić information content (AvgIpc) is 2.21. The predicted octanol–water partition coefficient (Wildman–Crippen LogP) is -1.59. The fourth-order valence-electron chi connectivity index (χ4n) is 1.31. The maximum atomic E-state index is 9.57. The maximum Gasteiger partial charge on any atom is 0.190 e. The Balaban J connectivity index is 2.71. The van der Waals surface area contributed by atoms with Crippen LogP contribution in [0.15, 0.2) is 0 Å². The first kappa shape index (κ1) is 12.7. The quantitative estimate of drug-likeness (QED) is 0.518. The van der Waals surface area contributed by atoms with E-state index in [0.29, 0.717) is 0 Å². The molecule has 1 aliphatic heterocycles. The zero-order valence-corrected chi connectivity index (χ0v) is 9.62. The molecule has 84 valence electrons. The fourth-order valence-corrected chi connectivity index (χ4v) is 1.82. The fraction of sp³-hybridized carbons (Fsp3) is 1.00. The average molecular weight is 244 g/mol. The maximum absolute atomic E-state index is 9.57. The molecule has 14 heavy (non-hydrogen) atoms. The molecule has 0 aromatic carbocycles. The minimum absolute atomic E-state index is 0.396. The lowest BCUT2D eigenvalue weighted by Gasteiger charge is -2.40. The SMILES string of the molecule is OC[C@H]1O[C@H](OP)[C@H](OP)[C@@H](O)[C@@H]1O. The van der Waals surface area contributed by atoms with Gasteiger partial charge in [-0.1, -0.05) is 0 Å². The molecule has 0 radical (unpaired) electrons. The summed E-state index contributed by atoms with van der Waals surface area (Å²) in [5.74, 6) is 0. The van der Waals surface area contributed by atoms with E-state index in [4.69, 9.17) is 18.9 Å². The van der Waals surface area contributed by atoms with Crippen LogP contribution >= 0.6 is 18.9 Å². The molecule has 0 amide bonds. The molecule has 1 rings (SSSR count). The molecule has 0 aromatic rings. The van der Waals surface area contributed by atoms with E-state index < -0.39 is 37.3 Å². The highest BCUT2D eigenvalue weighted by atomic mass is 31.0. The normalized spacial score (nSPS) is 43.9. The first-order chi connectivity index (χ1) is 6.65. The standard InChI is InChI=1S/C6H14O6P2/c7-1-2-3(8)4(9)5(11-13)6(10-2)12-14/h2-9H,1,13-14H2/t2-,3-,4+,5-,6-/m1/s1. The van der Waals surface area contributed by atoms with E-state index in [-0.39, 0.29) is 0 Å². The highest BCUT2D eigenvalue weighted by molar-refractivity contribution is 7.10. The summed E-state index contributed by atoms with van der Waals surface area (Å²) in [6, 6.07) is 0. The van der Waals surface area contributed by atoms with Crippen molar-refractivity contribution in [2.45, 2.75) is 30.7 Å². The van der Waals surface area contributed by atoms with E-state index >= 15 is 0 Å². The van der Waals surface area contributed by atoms with Crippen molar-refractivity contribution in [3.8, 4) is 0 Å². The molecule has 8 heteroatoms. The van der Waals surface area contributed by atoms with Crippen molar-refractivity contribution in [2.75, 3.05) is 6.61 Å². The molecule has 1 aliphatic rings. The molecule has 0 spiro atoms. The van der Waals surface area contributed by atoms with Gasteiger partial charge in [-0.05, 0) is 0 Å². The summed E-state index contributed by atoms with van der Waals surface area (Å²) in [5.41, 5.74) is 0. The second-order valence-electron chi connectivity index (χ2n) is 2.94. The van der Waals surface area contributed by atoms with E-state index in [1.165, 1.54) is 0 Å². The highest BCUT2D eigenvalue weighted by Crippen LogP contribution is 2.26. The van der Waals surface area contributed by atoms with Crippen molar-refractivity contribution in [1.29, 1.82) is 0 Å². The second kappa shape index (κ2) is 5.64. The highest BCUT2D eigenvalue weighted by Gasteiger charge is 2.44. The Morgan fingerprint density at radius 1 is 1.14 bits per heavy atom. The Morgan fingerprint density at radius 3 is 2.21 bits per heavy atom. The van der Waals surface area contributed by atoms with Gasteiger partial charge in [0.2, 0.25) is 0 Å². The minimum atomic E-state index is -1.19. The summed E-state index contributed by atoms with van der Waals surface area (Å²) in [4.78, 5) is 0. The van der Waals surface area contributed by atoms with Crippen molar-refractivity contribution in [1.82, 2.24) is 0 Å². The van der Waals surface area contributed by atoms with Gasteiger partial charge in [0, 0.05) is 18.9 Å². The molecule has 1 saturated heterocycles. The van der Waals surface area contributed by atoms with E-state index in [1.54, 1.807) is 0 Å². The van der Waals surface area contributed by atoms with Crippen LogP contribution in [-0.2, 0) is 13.8 Å². The molecule has 1 fully saturated rings. The number of hydrogen-bond acceptors (Lipinski definition) is 6. The van der Waals surface area contributed by atoms with Crippen LogP contribution in [0.1, 0.15) is 0 Å². The summed E-state index contributed by atoms with van der Waals surface area (Å²) in [7, 11) is 3.94. The summed E-state index contributed by atoms with van der Waals surface area (Å²) in [6.07, 6.45) is -4.87. The molecular formula is C6H14O6P2. The molecule has 1 heterocycles. The van der Waals surface area contributed by atoms with Gasteiger partial charge in [0.25, 0.3) is 0 Å². The van der Waals surface area contributed by atoms with Gasteiger partial charge in [-0.2, -0.15) is 0 Å². The summed E-state index contributed by atoms with van der Waals surface area (Å²) in [6.45, 7) is -0.396. The van der Waals surface area contributed by atoms with E-state index in [9.17, 15) is 10.2 Å². The summed E-state index contributed by atoms with van der Waals surface area (Å²) < 4.78 is 14.8. The molecular weight excluding hydrogens is 230 g/mol. The number of aliphatic hydroxyl groups is 3. The number of hydrogen-bond donors (Lipinski definition) is 3. The van der Waals surface area contributed by atoms with E-state index in [0.717, 1.165) is 0 Å². The first-order valence-electron chi connectivity index (χ1n) is 3.99. The van der Waals surface area contributed by atoms with Crippen LogP contribution in [0.5, 0.6) is 0 Å². The molecule has 7 atom stereocenters. The van der Waals surface area contributed by atoms with Crippen molar-refractivity contribution in [2.24, 2.45) is 0 Å². The van der Waals surface area contributed by atoms with Gasteiger partial charge in [0.15, 0.2) is 6.29 Å². The van der Waals surface area contributed by atoms with Gasteiger partial charge in [0.1, 0.15) is 24.4 Å². The van der Waals surface area contributed by atoms with Gasteiger partial charge >= 0.3 is 0 Å². The zero-order valence-electron chi connectivity index (χ0n) is 7.31. The van der Waals surface area contributed by atoms with Crippen LogP contribution in [0.25, 0.3) is 0 Å². The van der Waals surface area contributed by atoms with Crippen molar-refractivity contribution in [3.63, 3.8) is 0 Å². The summed E-state index contributed by atoms with van der Waals surface area (Å²) >= 11 is 0. The Kier molecular flexibility index (Phi) is 5.11. The van der Waals surface area contributed by atoms with Crippen LogP contribution in [0.4, 0.5) is 0 Å². The Bertz CT molecular complexity index is 180. The lowest BCUT2D eigenvalue weighted by molar-refractivity contribution is -0.266. The van der Waals surface area contributed by atoms with Crippen LogP contribution in [0.2, 0.25) is 0 Å². The monoisotopic (exact) mass is 244 g/mol. The van der Waals surface area contributed by atoms with Gasteiger partial charge < -0.3 is 29.1 Å².